The minimum absolute atomic E-state index is 0.335. The number of anilines is 2. The summed E-state index contributed by atoms with van der Waals surface area (Å²) in [5.41, 5.74) is 1.93. The van der Waals surface area contributed by atoms with E-state index in [9.17, 15) is 13.2 Å². The Labute approximate surface area is 177 Å². The molecule has 1 aromatic heterocycles. The number of nitrogens with one attached hydrogen (secondary N) is 2. The largest absolute Gasteiger partial charge is 0.481 e. The van der Waals surface area contributed by atoms with E-state index in [1.165, 1.54) is 11.3 Å². The zero-order valence-electron chi connectivity index (χ0n) is 15.5. The van der Waals surface area contributed by atoms with Crippen LogP contribution in [0.4, 0.5) is 10.8 Å². The number of hydrogen-bond donors (Lipinski definition) is 2. The fraction of sp³-hybridized carbons (Fsp3) is 0.158. The van der Waals surface area contributed by atoms with Crippen LogP contribution in [0, 0.1) is 0 Å². The Bertz CT molecular complexity index is 1110. The molecule has 0 aliphatic heterocycles. The summed E-state index contributed by atoms with van der Waals surface area (Å²) in [4.78, 5) is 16.8. The van der Waals surface area contributed by atoms with Crippen LogP contribution in [-0.4, -0.2) is 31.7 Å². The quantitative estimate of drug-likeness (QED) is 0.559. The molecule has 3 rings (SSSR count). The van der Waals surface area contributed by atoms with Crippen LogP contribution in [0.3, 0.4) is 0 Å². The average molecular weight is 452 g/mol. The van der Waals surface area contributed by atoms with Crippen molar-refractivity contribution in [3.8, 4) is 17.0 Å². The molecule has 2 N–H and O–H groups in total. The van der Waals surface area contributed by atoms with Crippen LogP contribution in [0.1, 0.15) is 6.92 Å². The predicted molar refractivity (Wildman–Crippen MR) is 116 cm³/mol. The van der Waals surface area contributed by atoms with Gasteiger partial charge in [-0.05, 0) is 37.3 Å². The van der Waals surface area contributed by atoms with Crippen molar-refractivity contribution in [1.29, 1.82) is 0 Å². The van der Waals surface area contributed by atoms with Gasteiger partial charge < -0.3 is 4.74 Å². The molecule has 0 aliphatic carbocycles. The number of nitrogens with zero attached hydrogens (tertiary/aromatic N) is 1. The zero-order valence-corrected chi connectivity index (χ0v) is 17.9. The number of carbonyl (C=O) groups is 1. The topological polar surface area (TPSA) is 97.4 Å². The molecule has 0 bridgehead atoms. The van der Waals surface area contributed by atoms with E-state index in [1.807, 2.05) is 0 Å². The lowest BCUT2D eigenvalue weighted by Crippen LogP contribution is -2.30. The summed E-state index contributed by atoms with van der Waals surface area (Å²) in [6.45, 7) is 1.64. The maximum Gasteiger partial charge on any atom is 0.266 e. The number of amides is 1. The molecule has 0 fully saturated rings. The molecule has 3 aromatic rings. The first-order chi connectivity index (χ1) is 13.7. The van der Waals surface area contributed by atoms with Crippen LogP contribution < -0.4 is 14.8 Å². The Morgan fingerprint density at radius 2 is 1.93 bits per heavy atom. The molecule has 0 saturated carbocycles. The van der Waals surface area contributed by atoms with Gasteiger partial charge in [-0.25, -0.2) is 13.4 Å². The normalized spacial score (nSPS) is 12.2. The summed E-state index contributed by atoms with van der Waals surface area (Å²) in [5.74, 6) is 0.168. The first-order valence-corrected chi connectivity index (χ1v) is 11.6. The molecule has 0 aliphatic rings. The van der Waals surface area contributed by atoms with Gasteiger partial charge in [-0.2, -0.15) is 0 Å². The van der Waals surface area contributed by atoms with E-state index in [2.05, 4.69) is 15.0 Å². The van der Waals surface area contributed by atoms with Crippen molar-refractivity contribution in [2.45, 2.75) is 13.0 Å². The van der Waals surface area contributed by atoms with E-state index in [-0.39, 0.29) is 5.91 Å². The Hall–Kier alpha value is -2.62. The number of benzene rings is 2. The first kappa shape index (κ1) is 21.1. The van der Waals surface area contributed by atoms with Gasteiger partial charge in [0, 0.05) is 21.7 Å². The number of thiazole rings is 1. The Morgan fingerprint density at radius 3 is 2.59 bits per heavy atom. The summed E-state index contributed by atoms with van der Waals surface area (Å²) in [6.07, 6.45) is 0.357. The third-order valence-electron chi connectivity index (χ3n) is 3.70. The second-order valence-electron chi connectivity index (χ2n) is 6.20. The smallest absolute Gasteiger partial charge is 0.266 e. The number of ether oxygens (including phenoxy) is 1. The molecule has 1 heterocycles. The summed E-state index contributed by atoms with van der Waals surface area (Å²) < 4.78 is 30.5. The van der Waals surface area contributed by atoms with Gasteiger partial charge in [0.1, 0.15) is 5.75 Å². The van der Waals surface area contributed by atoms with Crippen LogP contribution in [0.15, 0.2) is 53.9 Å². The van der Waals surface area contributed by atoms with Gasteiger partial charge in [-0.15, -0.1) is 11.3 Å². The minimum Gasteiger partial charge on any atom is -0.481 e. The van der Waals surface area contributed by atoms with Crippen molar-refractivity contribution in [3.05, 3.63) is 58.9 Å². The fourth-order valence-corrected chi connectivity index (χ4v) is 3.86. The average Bonchev–Trinajstić information content (AvgIpc) is 3.09. The van der Waals surface area contributed by atoms with E-state index in [4.69, 9.17) is 16.3 Å². The Balaban J connectivity index is 1.63. The second-order valence-corrected chi connectivity index (χ2v) is 9.24. The van der Waals surface area contributed by atoms with Gasteiger partial charge in [0.15, 0.2) is 11.2 Å². The highest BCUT2D eigenvalue weighted by Gasteiger charge is 2.17. The summed E-state index contributed by atoms with van der Waals surface area (Å²) in [5, 5.41) is 5.49. The molecule has 152 valence electrons. The van der Waals surface area contributed by atoms with Crippen LogP contribution in [-0.2, 0) is 14.8 Å². The Kier molecular flexibility index (Phi) is 6.41. The van der Waals surface area contributed by atoms with E-state index < -0.39 is 16.1 Å². The molecule has 10 heteroatoms. The predicted octanol–water partition coefficient (Wildman–Crippen LogP) is 4.24. The molecule has 2 aromatic carbocycles. The van der Waals surface area contributed by atoms with E-state index in [0.29, 0.717) is 27.3 Å². The minimum atomic E-state index is -3.33. The maximum atomic E-state index is 12.4. The highest BCUT2D eigenvalue weighted by molar-refractivity contribution is 7.92. The molecular weight excluding hydrogens is 434 g/mol. The second kappa shape index (κ2) is 8.81. The summed E-state index contributed by atoms with van der Waals surface area (Å²) >= 11 is 7.20. The number of carbonyl (C=O) groups excluding carboxylic acids is 1. The van der Waals surface area contributed by atoms with Crippen molar-refractivity contribution in [2.24, 2.45) is 0 Å². The van der Waals surface area contributed by atoms with Crippen molar-refractivity contribution in [2.75, 3.05) is 16.3 Å². The SMILES string of the molecule is CC(Oc1cccc(Cl)c1)C(=O)Nc1nc(-c2ccc(NS(C)(=O)=O)cc2)cs1. The summed E-state index contributed by atoms with van der Waals surface area (Å²) in [7, 11) is -3.33. The van der Waals surface area contributed by atoms with Crippen LogP contribution in [0.25, 0.3) is 11.3 Å². The lowest BCUT2D eigenvalue weighted by molar-refractivity contribution is -0.122. The van der Waals surface area contributed by atoms with Crippen molar-refractivity contribution < 1.29 is 17.9 Å². The van der Waals surface area contributed by atoms with Crippen LogP contribution in [0.5, 0.6) is 5.75 Å². The lowest BCUT2D eigenvalue weighted by atomic mass is 10.1. The molecule has 7 nitrogen and oxygen atoms in total. The maximum absolute atomic E-state index is 12.4. The number of hydrogen-bond acceptors (Lipinski definition) is 6. The number of sulfonamides is 1. The van der Waals surface area contributed by atoms with Crippen LogP contribution >= 0.6 is 22.9 Å². The van der Waals surface area contributed by atoms with Gasteiger partial charge in [0.2, 0.25) is 10.0 Å². The highest BCUT2D eigenvalue weighted by atomic mass is 35.5. The lowest BCUT2D eigenvalue weighted by Gasteiger charge is -2.13. The molecular formula is C19H18ClN3O4S2. The highest BCUT2D eigenvalue weighted by Crippen LogP contribution is 2.26. The van der Waals surface area contributed by atoms with Gasteiger partial charge in [0.25, 0.3) is 5.91 Å². The van der Waals surface area contributed by atoms with Crippen LogP contribution in [0.2, 0.25) is 5.02 Å². The molecule has 29 heavy (non-hydrogen) atoms. The van der Waals surface area contributed by atoms with Crippen molar-refractivity contribution in [3.63, 3.8) is 0 Å². The third-order valence-corrected chi connectivity index (χ3v) is 5.30. The monoisotopic (exact) mass is 451 g/mol. The standard InChI is InChI=1S/C19H18ClN3O4S2/c1-12(27-16-5-3-4-14(20)10-16)18(24)22-19-21-17(11-28-19)13-6-8-15(9-7-13)23-29(2,25)26/h3-12,23H,1-2H3,(H,21,22,24). The molecule has 0 spiro atoms. The van der Waals surface area contributed by atoms with Crippen molar-refractivity contribution >= 4 is 49.7 Å². The van der Waals surface area contributed by atoms with Gasteiger partial charge in [0.05, 0.1) is 11.9 Å². The summed E-state index contributed by atoms with van der Waals surface area (Å²) in [6, 6.07) is 13.6. The first-order valence-electron chi connectivity index (χ1n) is 8.46. The van der Waals surface area contributed by atoms with E-state index in [1.54, 1.807) is 60.8 Å². The molecule has 0 radical (unpaired) electrons. The number of halogens is 1. The molecule has 1 atom stereocenters. The number of rotatable bonds is 7. The zero-order chi connectivity index (χ0) is 21.0. The Morgan fingerprint density at radius 1 is 1.21 bits per heavy atom. The van der Waals surface area contributed by atoms with E-state index >= 15 is 0 Å². The van der Waals surface area contributed by atoms with Gasteiger partial charge in [-0.1, -0.05) is 29.8 Å². The molecule has 1 amide bonds. The fourth-order valence-electron chi connectivity index (χ4n) is 2.39. The van der Waals surface area contributed by atoms with Gasteiger partial charge >= 0.3 is 0 Å². The molecule has 1 unspecified atom stereocenters. The number of aromatic nitrogens is 1. The van der Waals surface area contributed by atoms with Crippen molar-refractivity contribution in [1.82, 2.24) is 4.98 Å². The van der Waals surface area contributed by atoms with Gasteiger partial charge in [-0.3, -0.25) is 14.8 Å². The third kappa shape index (κ3) is 6.18. The molecule has 0 saturated heterocycles. The van der Waals surface area contributed by atoms with E-state index in [0.717, 1.165) is 11.8 Å².